The fourth-order valence-corrected chi connectivity index (χ4v) is 1.29. The lowest BCUT2D eigenvalue weighted by atomic mass is 10.1. The number of benzene rings is 1. The average Bonchev–Trinajstić information content (AvgIpc) is 2.29. The Morgan fingerprint density at radius 3 is 2.62 bits per heavy atom. The van der Waals surface area contributed by atoms with Crippen molar-refractivity contribution in [1.82, 2.24) is 5.32 Å². The molecule has 1 aromatic rings. The average molecular weight is 217 g/mol. The Bertz CT molecular complexity index is 392. The molecule has 3 N–H and O–H groups in total. The molecule has 4 nitrogen and oxygen atoms in total. The van der Waals surface area contributed by atoms with Crippen LogP contribution in [0.1, 0.15) is 29.3 Å². The van der Waals surface area contributed by atoms with Crippen molar-refractivity contribution in [3.63, 3.8) is 0 Å². The minimum Gasteiger partial charge on any atom is -0.349 e. The van der Waals surface area contributed by atoms with E-state index in [9.17, 15) is 4.79 Å². The molecule has 0 aliphatic heterocycles. The number of carbonyl (C=O) groups excluding carboxylic acids is 1. The molecule has 1 aromatic carbocycles. The lowest BCUT2D eigenvalue weighted by Gasteiger charge is -2.10. The van der Waals surface area contributed by atoms with Crippen LogP contribution < -0.4 is 11.1 Å². The molecule has 0 heterocycles. The van der Waals surface area contributed by atoms with Crippen molar-refractivity contribution < 1.29 is 4.79 Å². The zero-order valence-corrected chi connectivity index (χ0v) is 9.23. The number of amides is 1. The molecule has 4 heteroatoms. The van der Waals surface area contributed by atoms with Gasteiger partial charge in [-0.15, -0.1) is 0 Å². The van der Waals surface area contributed by atoms with Gasteiger partial charge in [0, 0.05) is 18.2 Å². The number of nitrogens with one attached hydrogen (secondary N) is 1. The largest absolute Gasteiger partial charge is 0.349 e. The third kappa shape index (κ3) is 3.37. The molecule has 1 atom stereocenters. The summed E-state index contributed by atoms with van der Waals surface area (Å²) in [4.78, 5) is 11.7. The van der Waals surface area contributed by atoms with Gasteiger partial charge >= 0.3 is 0 Å². The maximum atomic E-state index is 11.7. The maximum absolute atomic E-state index is 11.7. The Hall–Kier alpha value is -1.86. The van der Waals surface area contributed by atoms with Gasteiger partial charge in [0.05, 0.1) is 12.5 Å². The van der Waals surface area contributed by atoms with Crippen LogP contribution in [0, 0.1) is 11.3 Å². The third-order valence-electron chi connectivity index (χ3n) is 2.23. The number of nitrogens with two attached hydrogens (primary N) is 1. The van der Waals surface area contributed by atoms with E-state index >= 15 is 0 Å². The lowest BCUT2D eigenvalue weighted by Crippen LogP contribution is -2.32. The van der Waals surface area contributed by atoms with E-state index in [2.05, 4.69) is 5.32 Å². The number of hydrogen-bond acceptors (Lipinski definition) is 3. The maximum Gasteiger partial charge on any atom is 0.251 e. The molecule has 0 aromatic heterocycles. The molecule has 0 aliphatic rings. The molecule has 1 rings (SSSR count). The first-order chi connectivity index (χ1) is 7.67. The molecule has 0 saturated heterocycles. The van der Waals surface area contributed by atoms with Crippen molar-refractivity contribution in [3.8, 4) is 6.07 Å². The van der Waals surface area contributed by atoms with Gasteiger partial charge < -0.3 is 11.1 Å². The molecule has 0 fully saturated rings. The van der Waals surface area contributed by atoms with Gasteiger partial charge in [0.2, 0.25) is 0 Å². The summed E-state index contributed by atoms with van der Waals surface area (Å²) < 4.78 is 0. The summed E-state index contributed by atoms with van der Waals surface area (Å²) in [5.74, 6) is -0.161. The summed E-state index contributed by atoms with van der Waals surface area (Å²) in [6.07, 6.45) is 0.312. The van der Waals surface area contributed by atoms with E-state index in [1.807, 2.05) is 18.2 Å². The topological polar surface area (TPSA) is 78.9 Å². The Morgan fingerprint density at radius 1 is 1.50 bits per heavy atom. The molecule has 0 saturated carbocycles. The summed E-state index contributed by atoms with van der Waals surface area (Å²) in [5.41, 5.74) is 7.03. The summed E-state index contributed by atoms with van der Waals surface area (Å²) in [6.45, 7) is 2.27. The van der Waals surface area contributed by atoms with Gasteiger partial charge in [0.15, 0.2) is 0 Å². The minimum absolute atomic E-state index is 0.133. The number of carbonyl (C=O) groups is 1. The van der Waals surface area contributed by atoms with Crippen LogP contribution >= 0.6 is 0 Å². The van der Waals surface area contributed by atoms with E-state index in [-0.39, 0.29) is 11.9 Å². The van der Waals surface area contributed by atoms with E-state index in [1.165, 1.54) is 0 Å². The minimum atomic E-state index is -0.161. The van der Waals surface area contributed by atoms with E-state index in [0.717, 1.165) is 5.56 Å². The molecule has 0 spiro atoms. The molecular formula is C12H15N3O. The van der Waals surface area contributed by atoms with Crippen LogP contribution in [0.5, 0.6) is 0 Å². The van der Waals surface area contributed by atoms with Crippen molar-refractivity contribution in [2.24, 2.45) is 5.73 Å². The van der Waals surface area contributed by atoms with Crippen LogP contribution in [0.2, 0.25) is 0 Å². The van der Waals surface area contributed by atoms with E-state index in [4.69, 9.17) is 11.0 Å². The van der Waals surface area contributed by atoms with Crippen LogP contribution in [-0.4, -0.2) is 11.9 Å². The fraction of sp³-hybridized carbons (Fsp3) is 0.333. The molecular weight excluding hydrogens is 202 g/mol. The third-order valence-corrected chi connectivity index (χ3v) is 2.23. The number of hydrogen-bond donors (Lipinski definition) is 2. The number of nitriles is 1. The highest BCUT2D eigenvalue weighted by atomic mass is 16.1. The van der Waals surface area contributed by atoms with Gasteiger partial charge in [-0.25, -0.2) is 0 Å². The SMILES string of the molecule is CC(CC#N)NC(=O)c1ccc(CN)cc1. The Labute approximate surface area is 95.1 Å². The molecule has 0 radical (unpaired) electrons. The fourth-order valence-electron chi connectivity index (χ4n) is 1.29. The highest BCUT2D eigenvalue weighted by Gasteiger charge is 2.08. The van der Waals surface area contributed by atoms with Crippen molar-refractivity contribution in [1.29, 1.82) is 5.26 Å². The first kappa shape index (κ1) is 12.2. The highest BCUT2D eigenvalue weighted by Crippen LogP contribution is 2.04. The second kappa shape index (κ2) is 5.89. The first-order valence-electron chi connectivity index (χ1n) is 5.14. The Balaban J connectivity index is 2.63. The van der Waals surface area contributed by atoms with Crippen molar-refractivity contribution in [2.75, 3.05) is 0 Å². The Kier molecular flexibility index (Phi) is 4.49. The standard InChI is InChI=1S/C12H15N3O/c1-9(6-7-13)15-12(16)11-4-2-10(8-14)3-5-11/h2-5,9H,6,8,14H2,1H3,(H,15,16). The van der Waals surface area contributed by atoms with Gasteiger partial charge in [-0.1, -0.05) is 12.1 Å². The summed E-state index contributed by atoms with van der Waals surface area (Å²) >= 11 is 0. The molecule has 0 bridgehead atoms. The summed E-state index contributed by atoms with van der Waals surface area (Å²) in [7, 11) is 0. The molecule has 0 aliphatic carbocycles. The van der Waals surface area contributed by atoms with Crippen molar-refractivity contribution in [2.45, 2.75) is 25.9 Å². The Morgan fingerprint density at radius 2 is 2.12 bits per heavy atom. The number of nitrogens with zero attached hydrogens (tertiary/aromatic N) is 1. The van der Waals surface area contributed by atoms with Gasteiger partial charge in [-0.2, -0.15) is 5.26 Å². The monoisotopic (exact) mass is 217 g/mol. The lowest BCUT2D eigenvalue weighted by molar-refractivity contribution is 0.0941. The predicted octanol–water partition coefficient (Wildman–Crippen LogP) is 1.18. The van der Waals surface area contributed by atoms with E-state index < -0.39 is 0 Å². The van der Waals surface area contributed by atoms with Gasteiger partial charge in [0.1, 0.15) is 0 Å². The van der Waals surface area contributed by atoms with Gasteiger partial charge in [-0.05, 0) is 24.6 Å². The van der Waals surface area contributed by atoms with Crippen LogP contribution in [0.4, 0.5) is 0 Å². The van der Waals surface area contributed by atoms with Gasteiger partial charge in [0.25, 0.3) is 5.91 Å². The van der Waals surface area contributed by atoms with Gasteiger partial charge in [-0.3, -0.25) is 4.79 Å². The van der Waals surface area contributed by atoms with Crippen LogP contribution in [0.15, 0.2) is 24.3 Å². The zero-order valence-electron chi connectivity index (χ0n) is 9.23. The summed E-state index contributed by atoms with van der Waals surface area (Å²) in [6, 6.07) is 8.99. The quantitative estimate of drug-likeness (QED) is 0.794. The normalized spacial score (nSPS) is 11.6. The molecule has 16 heavy (non-hydrogen) atoms. The van der Waals surface area contributed by atoms with Crippen molar-refractivity contribution >= 4 is 5.91 Å². The summed E-state index contributed by atoms with van der Waals surface area (Å²) in [5, 5.41) is 11.2. The predicted molar refractivity (Wildman–Crippen MR) is 61.5 cm³/mol. The highest BCUT2D eigenvalue weighted by molar-refractivity contribution is 5.94. The second-order valence-corrected chi connectivity index (χ2v) is 3.64. The molecule has 1 amide bonds. The first-order valence-corrected chi connectivity index (χ1v) is 5.14. The second-order valence-electron chi connectivity index (χ2n) is 3.64. The van der Waals surface area contributed by atoms with E-state index in [0.29, 0.717) is 18.5 Å². The van der Waals surface area contributed by atoms with Crippen LogP contribution in [0.25, 0.3) is 0 Å². The number of rotatable bonds is 4. The smallest absolute Gasteiger partial charge is 0.251 e. The van der Waals surface area contributed by atoms with E-state index in [1.54, 1.807) is 19.1 Å². The van der Waals surface area contributed by atoms with Crippen molar-refractivity contribution in [3.05, 3.63) is 35.4 Å². The van der Waals surface area contributed by atoms with Crippen LogP contribution in [0.3, 0.4) is 0 Å². The zero-order chi connectivity index (χ0) is 12.0. The molecule has 84 valence electrons. The molecule has 1 unspecified atom stereocenters. The van der Waals surface area contributed by atoms with Crippen LogP contribution in [-0.2, 0) is 6.54 Å².